The van der Waals surface area contributed by atoms with Crippen molar-refractivity contribution in [2.45, 2.75) is 20.5 Å². The second kappa shape index (κ2) is 8.28. The Kier molecular flexibility index (Phi) is 6.10. The monoisotopic (exact) mass is 333 g/mol. The minimum Gasteiger partial charge on any atom is -0.486 e. The number of rotatable bonds is 7. The van der Waals surface area contributed by atoms with Crippen molar-refractivity contribution in [3.8, 4) is 5.75 Å². The van der Waals surface area contributed by atoms with Crippen LogP contribution in [0.25, 0.3) is 0 Å². The number of aryl methyl sites for hydroxylation is 1. The van der Waals surface area contributed by atoms with E-state index in [-0.39, 0.29) is 11.8 Å². The van der Waals surface area contributed by atoms with Crippen LogP contribution >= 0.6 is 11.3 Å². The van der Waals surface area contributed by atoms with E-state index >= 15 is 0 Å². The third-order valence-corrected chi connectivity index (χ3v) is 3.77. The third kappa shape index (κ3) is 5.71. The van der Waals surface area contributed by atoms with Crippen molar-refractivity contribution in [1.82, 2.24) is 15.6 Å². The first-order chi connectivity index (χ1) is 11.0. The summed E-state index contributed by atoms with van der Waals surface area (Å²) < 4.78 is 5.63. The largest absolute Gasteiger partial charge is 0.486 e. The number of ether oxygens (including phenoxy) is 1. The molecule has 122 valence electrons. The summed E-state index contributed by atoms with van der Waals surface area (Å²) in [5, 5.41) is 7.74. The zero-order valence-electron chi connectivity index (χ0n) is 13.1. The normalized spacial score (nSPS) is 10.2. The fourth-order valence-electron chi connectivity index (χ4n) is 1.77. The van der Waals surface area contributed by atoms with Crippen molar-refractivity contribution in [1.29, 1.82) is 0 Å². The van der Waals surface area contributed by atoms with E-state index in [9.17, 15) is 9.59 Å². The minimum absolute atomic E-state index is 0.122. The van der Waals surface area contributed by atoms with Gasteiger partial charge in [-0.3, -0.25) is 9.59 Å². The molecule has 0 saturated carbocycles. The molecule has 0 aliphatic rings. The second-order valence-corrected chi connectivity index (χ2v) is 5.91. The van der Waals surface area contributed by atoms with Crippen molar-refractivity contribution in [2.24, 2.45) is 0 Å². The van der Waals surface area contributed by atoms with Gasteiger partial charge in [0.25, 0.3) is 5.91 Å². The maximum absolute atomic E-state index is 11.9. The van der Waals surface area contributed by atoms with E-state index in [4.69, 9.17) is 4.74 Å². The van der Waals surface area contributed by atoms with Crippen molar-refractivity contribution in [3.05, 3.63) is 45.9 Å². The molecule has 1 heterocycles. The second-order valence-electron chi connectivity index (χ2n) is 4.97. The van der Waals surface area contributed by atoms with Gasteiger partial charge in [-0.05, 0) is 19.1 Å². The zero-order chi connectivity index (χ0) is 16.7. The quantitative estimate of drug-likeness (QED) is 0.758. The molecule has 7 heteroatoms. The van der Waals surface area contributed by atoms with E-state index in [1.165, 1.54) is 23.8 Å². The summed E-state index contributed by atoms with van der Waals surface area (Å²) >= 11 is 1.38. The van der Waals surface area contributed by atoms with Gasteiger partial charge in [-0.15, -0.1) is 11.3 Å². The van der Waals surface area contributed by atoms with Crippen LogP contribution in [-0.4, -0.2) is 29.9 Å². The standard InChI is InChI=1S/C16H19N3O3S/c1-11-3-5-13(6-4-11)22-9-15-19-14(10-23-15)16(21)18-8-7-17-12(2)20/h3-6,10H,7-9H2,1-2H3,(H,17,20)(H,18,21). The number of nitrogens with one attached hydrogen (secondary N) is 2. The maximum atomic E-state index is 11.9. The van der Waals surface area contributed by atoms with Gasteiger partial charge >= 0.3 is 0 Å². The lowest BCUT2D eigenvalue weighted by molar-refractivity contribution is -0.118. The molecule has 0 bridgehead atoms. The first-order valence-electron chi connectivity index (χ1n) is 7.21. The number of amides is 2. The van der Waals surface area contributed by atoms with E-state index in [0.29, 0.717) is 25.4 Å². The third-order valence-electron chi connectivity index (χ3n) is 2.95. The Balaban J connectivity index is 1.79. The van der Waals surface area contributed by atoms with Gasteiger partial charge in [0, 0.05) is 25.4 Å². The van der Waals surface area contributed by atoms with Crippen LogP contribution in [0.2, 0.25) is 0 Å². The Morgan fingerprint density at radius 3 is 2.57 bits per heavy atom. The van der Waals surface area contributed by atoms with Gasteiger partial charge in [0.05, 0.1) is 0 Å². The van der Waals surface area contributed by atoms with Crippen molar-refractivity contribution < 1.29 is 14.3 Å². The minimum atomic E-state index is -0.256. The highest BCUT2D eigenvalue weighted by Gasteiger charge is 2.10. The summed E-state index contributed by atoms with van der Waals surface area (Å²) in [6, 6.07) is 7.76. The van der Waals surface area contributed by atoms with Crippen LogP contribution in [0.4, 0.5) is 0 Å². The molecule has 2 amide bonds. The van der Waals surface area contributed by atoms with E-state index < -0.39 is 0 Å². The average Bonchev–Trinajstić information content (AvgIpc) is 3.00. The molecule has 6 nitrogen and oxygen atoms in total. The Bertz CT molecular complexity index is 667. The lowest BCUT2D eigenvalue weighted by Gasteiger charge is -2.04. The maximum Gasteiger partial charge on any atom is 0.270 e. The molecule has 0 radical (unpaired) electrons. The first kappa shape index (κ1) is 17.0. The van der Waals surface area contributed by atoms with Gasteiger partial charge in [0.15, 0.2) is 0 Å². The highest BCUT2D eigenvalue weighted by atomic mass is 32.1. The van der Waals surface area contributed by atoms with Crippen molar-refractivity contribution in [2.75, 3.05) is 13.1 Å². The average molecular weight is 333 g/mol. The number of thiazole rings is 1. The molecule has 0 spiro atoms. The fraction of sp³-hybridized carbons (Fsp3) is 0.312. The number of benzene rings is 1. The first-order valence-corrected chi connectivity index (χ1v) is 8.09. The van der Waals surface area contributed by atoms with Crippen LogP contribution in [0.1, 0.15) is 28.0 Å². The summed E-state index contributed by atoms with van der Waals surface area (Å²) in [5.74, 6) is 0.392. The molecule has 0 aliphatic carbocycles. The smallest absolute Gasteiger partial charge is 0.270 e. The summed E-state index contributed by atoms with van der Waals surface area (Å²) in [6.07, 6.45) is 0. The molecule has 2 rings (SSSR count). The predicted octanol–water partition coefficient (Wildman–Crippen LogP) is 1.90. The van der Waals surface area contributed by atoms with E-state index in [0.717, 1.165) is 10.8 Å². The molecular formula is C16H19N3O3S. The molecule has 0 fully saturated rings. The highest BCUT2D eigenvalue weighted by molar-refractivity contribution is 7.09. The van der Waals surface area contributed by atoms with Crippen LogP contribution in [0, 0.1) is 6.92 Å². The number of carbonyl (C=O) groups excluding carboxylic acids is 2. The lowest BCUT2D eigenvalue weighted by atomic mass is 10.2. The molecule has 0 unspecified atom stereocenters. The fourth-order valence-corrected chi connectivity index (χ4v) is 2.45. The van der Waals surface area contributed by atoms with Crippen LogP contribution in [0.3, 0.4) is 0 Å². The number of nitrogens with zero attached hydrogens (tertiary/aromatic N) is 1. The molecule has 0 aliphatic heterocycles. The summed E-state index contributed by atoms with van der Waals surface area (Å²) in [7, 11) is 0. The van der Waals surface area contributed by atoms with Crippen LogP contribution in [0.15, 0.2) is 29.6 Å². The van der Waals surface area contributed by atoms with E-state index in [1.54, 1.807) is 5.38 Å². The number of hydrogen-bond donors (Lipinski definition) is 2. The molecule has 2 aromatic rings. The van der Waals surface area contributed by atoms with E-state index in [2.05, 4.69) is 15.6 Å². The van der Waals surface area contributed by atoms with Crippen LogP contribution in [-0.2, 0) is 11.4 Å². The van der Waals surface area contributed by atoms with Crippen LogP contribution < -0.4 is 15.4 Å². The molecule has 1 aromatic heterocycles. The topological polar surface area (TPSA) is 80.3 Å². The van der Waals surface area contributed by atoms with Gasteiger partial charge in [0.2, 0.25) is 5.91 Å². The number of aromatic nitrogens is 1. The summed E-state index contributed by atoms with van der Waals surface area (Å²) in [4.78, 5) is 26.9. The Morgan fingerprint density at radius 2 is 1.87 bits per heavy atom. The van der Waals surface area contributed by atoms with E-state index in [1.807, 2.05) is 31.2 Å². The zero-order valence-corrected chi connectivity index (χ0v) is 13.9. The molecular weight excluding hydrogens is 314 g/mol. The van der Waals surface area contributed by atoms with Gasteiger partial charge in [0.1, 0.15) is 23.1 Å². The Labute approximate surface area is 138 Å². The summed E-state index contributed by atoms with van der Waals surface area (Å²) in [6.45, 7) is 4.54. The Hall–Kier alpha value is -2.41. The summed E-state index contributed by atoms with van der Waals surface area (Å²) in [5.41, 5.74) is 1.53. The van der Waals surface area contributed by atoms with Crippen molar-refractivity contribution >= 4 is 23.2 Å². The van der Waals surface area contributed by atoms with Crippen LogP contribution in [0.5, 0.6) is 5.75 Å². The highest BCUT2D eigenvalue weighted by Crippen LogP contribution is 2.16. The molecule has 1 aromatic carbocycles. The number of carbonyl (C=O) groups is 2. The van der Waals surface area contributed by atoms with Gasteiger partial charge in [-0.2, -0.15) is 0 Å². The van der Waals surface area contributed by atoms with Gasteiger partial charge in [-0.25, -0.2) is 4.98 Å². The molecule has 2 N–H and O–H groups in total. The molecule has 23 heavy (non-hydrogen) atoms. The number of hydrogen-bond acceptors (Lipinski definition) is 5. The van der Waals surface area contributed by atoms with Crippen molar-refractivity contribution in [3.63, 3.8) is 0 Å². The van der Waals surface area contributed by atoms with Gasteiger partial charge in [-0.1, -0.05) is 17.7 Å². The Morgan fingerprint density at radius 1 is 1.17 bits per heavy atom. The predicted molar refractivity (Wildman–Crippen MR) is 88.6 cm³/mol. The molecule has 0 saturated heterocycles. The lowest BCUT2D eigenvalue weighted by Crippen LogP contribution is -2.33. The van der Waals surface area contributed by atoms with Gasteiger partial charge < -0.3 is 15.4 Å². The molecule has 0 atom stereocenters. The SMILES string of the molecule is CC(=O)NCCNC(=O)c1csc(COc2ccc(C)cc2)n1.